The molecule has 0 aliphatic carbocycles. The number of aromatic amines is 1. The van der Waals surface area contributed by atoms with Crippen LogP contribution in [0.25, 0.3) is 0 Å². The molecule has 1 fully saturated rings. The molecule has 1 aromatic rings. The molecule has 2 aliphatic heterocycles. The smallest absolute Gasteiger partial charge is 0.315 e. The zero-order valence-corrected chi connectivity index (χ0v) is 12.5. The average molecular weight is 306 g/mol. The van der Waals surface area contributed by atoms with E-state index in [9.17, 15) is 9.59 Å². The Hall–Kier alpha value is -2.09. The first-order chi connectivity index (χ1) is 10.6. The monoisotopic (exact) mass is 306 g/mol. The first kappa shape index (κ1) is 14.8. The van der Waals surface area contributed by atoms with E-state index >= 15 is 0 Å². The van der Waals surface area contributed by atoms with Crippen LogP contribution >= 0.6 is 0 Å². The Balaban J connectivity index is 1.78. The van der Waals surface area contributed by atoms with E-state index in [-0.39, 0.29) is 11.9 Å². The molecule has 0 saturated carbocycles. The van der Waals surface area contributed by atoms with Gasteiger partial charge in [0, 0.05) is 18.5 Å². The van der Waals surface area contributed by atoms with Gasteiger partial charge in [0.05, 0.1) is 30.5 Å². The number of nitrogens with zero attached hydrogens (tertiary/aromatic N) is 3. The van der Waals surface area contributed by atoms with Crippen molar-refractivity contribution >= 4 is 11.9 Å². The topological polar surface area (TPSA) is 121 Å². The summed E-state index contributed by atoms with van der Waals surface area (Å²) in [5.74, 6) is -0.281. The van der Waals surface area contributed by atoms with E-state index in [2.05, 4.69) is 15.1 Å². The number of nitrogens with one attached hydrogen (secondary N) is 1. The Kier molecular flexibility index (Phi) is 4.02. The van der Waals surface area contributed by atoms with Gasteiger partial charge in [-0.15, -0.1) is 0 Å². The first-order valence-electron chi connectivity index (χ1n) is 7.69. The molecular formula is C14H22N6O2. The van der Waals surface area contributed by atoms with Crippen LogP contribution in [0.1, 0.15) is 48.7 Å². The molecule has 8 heteroatoms. The minimum absolute atomic E-state index is 0.181. The zero-order valence-electron chi connectivity index (χ0n) is 12.5. The van der Waals surface area contributed by atoms with Crippen molar-refractivity contribution in [1.82, 2.24) is 20.0 Å². The number of likely N-dealkylation sites (tertiary alicyclic amines) is 1. The van der Waals surface area contributed by atoms with Gasteiger partial charge in [0.15, 0.2) is 0 Å². The van der Waals surface area contributed by atoms with E-state index in [0.29, 0.717) is 26.1 Å². The SMILES string of the molecule is NC(=O)CCN1CCCCC1c1n[nH]c2c1CN(C(N)=O)C2. The minimum atomic E-state index is -0.412. The lowest BCUT2D eigenvalue weighted by Gasteiger charge is -2.35. The first-order valence-corrected chi connectivity index (χ1v) is 7.69. The predicted octanol–water partition coefficient (Wildman–Crippen LogP) is 0.206. The number of carbonyl (C=O) groups excluding carboxylic acids is 2. The second-order valence-corrected chi connectivity index (χ2v) is 6.02. The van der Waals surface area contributed by atoms with Crippen LogP contribution in [-0.2, 0) is 17.9 Å². The fourth-order valence-electron chi connectivity index (χ4n) is 3.42. The average Bonchev–Trinajstić information content (AvgIpc) is 3.05. The summed E-state index contributed by atoms with van der Waals surface area (Å²) in [4.78, 5) is 26.3. The number of urea groups is 1. The van der Waals surface area contributed by atoms with Gasteiger partial charge < -0.3 is 16.4 Å². The number of carbonyl (C=O) groups is 2. The summed E-state index contributed by atoms with van der Waals surface area (Å²) in [5, 5.41) is 7.51. The van der Waals surface area contributed by atoms with E-state index in [1.807, 2.05) is 0 Å². The zero-order chi connectivity index (χ0) is 15.7. The molecule has 3 rings (SSSR count). The van der Waals surface area contributed by atoms with E-state index in [0.717, 1.165) is 42.8 Å². The summed E-state index contributed by atoms with van der Waals surface area (Å²) in [5.41, 5.74) is 13.7. The third kappa shape index (κ3) is 2.78. The standard InChI is InChI=1S/C14H22N6O2/c15-12(21)4-6-19-5-2-1-3-11(19)13-9-7-20(14(16)22)8-10(9)17-18-13/h11H,1-8H2,(H2,15,21)(H2,16,22)(H,17,18). The fraction of sp³-hybridized carbons (Fsp3) is 0.643. The van der Waals surface area contributed by atoms with E-state index in [4.69, 9.17) is 11.5 Å². The van der Waals surface area contributed by atoms with Crippen LogP contribution in [-0.4, -0.2) is 45.0 Å². The van der Waals surface area contributed by atoms with Gasteiger partial charge >= 0.3 is 6.03 Å². The molecular weight excluding hydrogens is 284 g/mol. The number of rotatable bonds is 4. The van der Waals surface area contributed by atoms with Gasteiger partial charge in [-0.05, 0) is 19.4 Å². The molecule has 0 radical (unpaired) electrons. The van der Waals surface area contributed by atoms with Crippen molar-refractivity contribution in [3.8, 4) is 0 Å². The van der Waals surface area contributed by atoms with Gasteiger partial charge in [-0.1, -0.05) is 6.42 Å². The summed E-state index contributed by atoms with van der Waals surface area (Å²) in [7, 11) is 0. The predicted molar refractivity (Wildman–Crippen MR) is 79.4 cm³/mol. The Morgan fingerprint density at radius 1 is 1.27 bits per heavy atom. The molecule has 8 nitrogen and oxygen atoms in total. The molecule has 0 bridgehead atoms. The summed E-state index contributed by atoms with van der Waals surface area (Å²) in [6, 6.07) is -0.231. The Labute approximate surface area is 128 Å². The summed E-state index contributed by atoms with van der Waals surface area (Å²) < 4.78 is 0. The highest BCUT2D eigenvalue weighted by Crippen LogP contribution is 2.35. The van der Waals surface area contributed by atoms with E-state index in [1.165, 1.54) is 0 Å². The molecule has 120 valence electrons. The Morgan fingerprint density at radius 3 is 2.82 bits per heavy atom. The van der Waals surface area contributed by atoms with Gasteiger partial charge in [-0.3, -0.25) is 14.8 Å². The summed E-state index contributed by atoms with van der Waals surface area (Å²) in [6.07, 6.45) is 3.62. The quantitative estimate of drug-likeness (QED) is 0.736. The van der Waals surface area contributed by atoms with E-state index < -0.39 is 6.03 Å². The molecule has 3 heterocycles. The van der Waals surface area contributed by atoms with Gasteiger partial charge in [0.1, 0.15) is 0 Å². The van der Waals surface area contributed by atoms with Gasteiger partial charge in [-0.25, -0.2) is 4.79 Å². The van der Waals surface area contributed by atoms with Crippen LogP contribution in [0.2, 0.25) is 0 Å². The molecule has 1 aromatic heterocycles. The Bertz CT molecular complexity index is 584. The number of H-pyrrole nitrogens is 1. The lowest BCUT2D eigenvalue weighted by Crippen LogP contribution is -2.36. The third-order valence-electron chi connectivity index (χ3n) is 4.57. The maximum absolute atomic E-state index is 11.3. The number of hydrogen-bond donors (Lipinski definition) is 3. The fourth-order valence-corrected chi connectivity index (χ4v) is 3.42. The summed E-state index contributed by atoms with van der Waals surface area (Å²) in [6.45, 7) is 2.60. The van der Waals surface area contributed by atoms with Crippen molar-refractivity contribution in [3.63, 3.8) is 0 Å². The third-order valence-corrected chi connectivity index (χ3v) is 4.57. The van der Waals surface area contributed by atoms with Crippen molar-refractivity contribution in [2.75, 3.05) is 13.1 Å². The molecule has 5 N–H and O–H groups in total. The molecule has 1 saturated heterocycles. The number of aromatic nitrogens is 2. The molecule has 0 aromatic carbocycles. The summed E-state index contributed by atoms with van der Waals surface area (Å²) >= 11 is 0. The van der Waals surface area contributed by atoms with E-state index in [1.54, 1.807) is 4.90 Å². The number of hydrogen-bond acceptors (Lipinski definition) is 4. The molecule has 1 unspecified atom stereocenters. The molecule has 2 aliphatic rings. The van der Waals surface area contributed by atoms with Crippen LogP contribution in [0.5, 0.6) is 0 Å². The second kappa shape index (κ2) is 5.96. The van der Waals surface area contributed by atoms with Crippen LogP contribution < -0.4 is 11.5 Å². The number of nitrogens with two attached hydrogens (primary N) is 2. The Morgan fingerprint density at radius 2 is 2.09 bits per heavy atom. The number of piperidine rings is 1. The lowest BCUT2D eigenvalue weighted by atomic mass is 9.96. The largest absolute Gasteiger partial charge is 0.370 e. The lowest BCUT2D eigenvalue weighted by molar-refractivity contribution is -0.118. The van der Waals surface area contributed by atoms with Crippen LogP contribution in [0.15, 0.2) is 0 Å². The van der Waals surface area contributed by atoms with Gasteiger partial charge in [0.25, 0.3) is 0 Å². The highest BCUT2D eigenvalue weighted by atomic mass is 16.2. The van der Waals surface area contributed by atoms with Gasteiger partial charge in [-0.2, -0.15) is 5.10 Å². The molecule has 0 spiro atoms. The number of amides is 3. The van der Waals surface area contributed by atoms with Crippen molar-refractivity contribution in [2.45, 2.75) is 44.8 Å². The molecule has 22 heavy (non-hydrogen) atoms. The highest BCUT2D eigenvalue weighted by Gasteiger charge is 2.33. The number of primary amides is 2. The van der Waals surface area contributed by atoms with Crippen molar-refractivity contribution in [3.05, 3.63) is 17.0 Å². The minimum Gasteiger partial charge on any atom is -0.370 e. The van der Waals surface area contributed by atoms with Gasteiger partial charge in [0.2, 0.25) is 5.91 Å². The second-order valence-electron chi connectivity index (χ2n) is 6.02. The van der Waals surface area contributed by atoms with Crippen molar-refractivity contribution < 1.29 is 9.59 Å². The van der Waals surface area contributed by atoms with Crippen LogP contribution in [0.4, 0.5) is 4.79 Å². The normalized spacial score (nSPS) is 21.8. The van der Waals surface area contributed by atoms with Crippen molar-refractivity contribution in [2.24, 2.45) is 11.5 Å². The highest BCUT2D eigenvalue weighted by molar-refractivity contribution is 5.74. The molecule has 3 amide bonds. The maximum atomic E-state index is 11.3. The van der Waals surface area contributed by atoms with Crippen LogP contribution in [0, 0.1) is 0 Å². The van der Waals surface area contributed by atoms with Crippen LogP contribution in [0.3, 0.4) is 0 Å². The number of fused-ring (bicyclic) bond motifs is 1. The maximum Gasteiger partial charge on any atom is 0.315 e. The van der Waals surface area contributed by atoms with Crippen molar-refractivity contribution in [1.29, 1.82) is 0 Å². The molecule has 1 atom stereocenters.